The van der Waals surface area contributed by atoms with Crippen LogP contribution in [0.4, 0.5) is 14.5 Å². The Hall–Kier alpha value is -2.42. The molecule has 1 amide bonds. The number of amides is 1. The Morgan fingerprint density at radius 1 is 1.35 bits per heavy atom. The predicted octanol–water partition coefficient (Wildman–Crippen LogP) is 2.98. The molecule has 1 atom stereocenters. The number of hydrogen-bond acceptors (Lipinski definition) is 5. The minimum atomic E-state index is -1.04. The van der Waals surface area contributed by atoms with E-state index < -0.39 is 29.6 Å². The van der Waals surface area contributed by atoms with Gasteiger partial charge >= 0.3 is 5.97 Å². The van der Waals surface area contributed by atoms with Gasteiger partial charge in [-0.25, -0.2) is 8.78 Å². The fourth-order valence-electron chi connectivity index (χ4n) is 2.19. The van der Waals surface area contributed by atoms with Crippen LogP contribution in [0.25, 0.3) is 0 Å². The molecule has 140 valence electrons. The molecule has 0 radical (unpaired) electrons. The van der Waals surface area contributed by atoms with Crippen molar-refractivity contribution in [2.24, 2.45) is 7.05 Å². The van der Waals surface area contributed by atoms with Gasteiger partial charge in [0, 0.05) is 11.9 Å². The number of rotatable bonds is 6. The van der Waals surface area contributed by atoms with Gasteiger partial charge < -0.3 is 10.1 Å². The van der Waals surface area contributed by atoms with E-state index in [4.69, 9.17) is 4.74 Å². The highest BCUT2D eigenvalue weighted by Crippen LogP contribution is 2.23. The van der Waals surface area contributed by atoms with Crippen LogP contribution in [0.5, 0.6) is 0 Å². The fourth-order valence-corrected chi connectivity index (χ4v) is 2.93. The van der Waals surface area contributed by atoms with Crippen molar-refractivity contribution in [1.82, 2.24) is 9.78 Å². The summed E-state index contributed by atoms with van der Waals surface area (Å²) in [7, 11) is 1.75. The molecule has 0 fully saturated rings. The third kappa shape index (κ3) is 4.81. The Balaban J connectivity index is 1.90. The minimum absolute atomic E-state index is 0.000615. The Morgan fingerprint density at radius 2 is 2.04 bits per heavy atom. The highest BCUT2D eigenvalue weighted by Gasteiger charge is 2.21. The lowest BCUT2D eigenvalue weighted by molar-refractivity contribution is -0.150. The summed E-state index contributed by atoms with van der Waals surface area (Å²) in [5.74, 6) is -2.68. The van der Waals surface area contributed by atoms with Crippen LogP contribution < -0.4 is 5.32 Å². The molecule has 6 nitrogen and oxygen atoms in total. The summed E-state index contributed by atoms with van der Waals surface area (Å²) in [6, 6.07) is 2.97. The maximum atomic E-state index is 13.5. The summed E-state index contributed by atoms with van der Waals surface area (Å²) >= 11 is 0.801. The molecular weight excluding hydrogens is 364 g/mol. The number of halogens is 2. The van der Waals surface area contributed by atoms with Crippen LogP contribution in [0.3, 0.4) is 0 Å². The molecule has 2 aromatic rings. The van der Waals surface area contributed by atoms with Crippen molar-refractivity contribution < 1.29 is 23.1 Å². The van der Waals surface area contributed by atoms with E-state index in [1.165, 1.54) is 6.92 Å². The molecule has 2 rings (SSSR count). The van der Waals surface area contributed by atoms with Crippen molar-refractivity contribution in [3.8, 4) is 0 Å². The fraction of sp³-hybridized carbons (Fsp3) is 0.353. The summed E-state index contributed by atoms with van der Waals surface area (Å²) in [5, 5.41) is 6.87. The molecule has 0 spiro atoms. The molecule has 0 saturated heterocycles. The summed E-state index contributed by atoms with van der Waals surface area (Å²) in [6.45, 7) is 4.99. The van der Waals surface area contributed by atoms with E-state index in [2.05, 4.69) is 10.4 Å². The average molecular weight is 383 g/mol. The Labute approximate surface area is 153 Å². The Kier molecular flexibility index (Phi) is 6.36. The largest absolute Gasteiger partial charge is 0.452 e. The van der Waals surface area contributed by atoms with E-state index in [1.54, 1.807) is 25.6 Å². The van der Waals surface area contributed by atoms with Crippen molar-refractivity contribution in [1.29, 1.82) is 0 Å². The van der Waals surface area contributed by atoms with E-state index in [-0.39, 0.29) is 10.6 Å². The van der Waals surface area contributed by atoms with Crippen LogP contribution in [0.15, 0.2) is 23.1 Å². The molecule has 1 heterocycles. The molecule has 1 N–H and O–H groups in total. The first-order chi connectivity index (χ1) is 12.2. The van der Waals surface area contributed by atoms with Gasteiger partial charge in [0.25, 0.3) is 5.91 Å². The summed E-state index contributed by atoms with van der Waals surface area (Å²) in [6.07, 6.45) is -1.04. The van der Waals surface area contributed by atoms with E-state index >= 15 is 0 Å². The number of aromatic nitrogens is 2. The van der Waals surface area contributed by atoms with E-state index in [9.17, 15) is 18.4 Å². The molecule has 0 bridgehead atoms. The number of thioether (sulfide) groups is 1. The van der Waals surface area contributed by atoms with Crippen molar-refractivity contribution >= 4 is 29.3 Å². The molecule has 1 aromatic heterocycles. The number of benzene rings is 1. The maximum absolute atomic E-state index is 13.5. The van der Waals surface area contributed by atoms with Crippen molar-refractivity contribution in [3.05, 3.63) is 41.2 Å². The third-order valence-electron chi connectivity index (χ3n) is 3.67. The van der Waals surface area contributed by atoms with Gasteiger partial charge in [-0.05, 0) is 39.0 Å². The van der Waals surface area contributed by atoms with Gasteiger partial charge in [0.15, 0.2) is 6.10 Å². The average Bonchev–Trinajstić information content (AvgIpc) is 2.81. The maximum Gasteiger partial charge on any atom is 0.317 e. The lowest BCUT2D eigenvalue weighted by Crippen LogP contribution is -2.30. The highest BCUT2D eigenvalue weighted by atomic mass is 32.2. The standard InChI is InChI=1S/C17H19F2N3O3S/c1-9-16(10(2)22(4)21-9)20-17(24)11(3)25-15(23)8-26-14-7-12(18)5-6-13(14)19/h5-7,11H,8H2,1-4H3,(H,20,24)/t11-/m0/s1. The molecule has 0 aliphatic rings. The SMILES string of the molecule is Cc1nn(C)c(C)c1NC(=O)[C@H](C)OC(=O)CSc1cc(F)ccc1F. The number of ether oxygens (including phenoxy) is 1. The molecular formula is C17H19F2N3O3S. The lowest BCUT2D eigenvalue weighted by Gasteiger charge is -2.13. The number of nitrogens with one attached hydrogen (secondary N) is 1. The number of aryl methyl sites for hydroxylation is 2. The third-order valence-corrected chi connectivity index (χ3v) is 4.68. The van der Waals surface area contributed by atoms with Crippen molar-refractivity contribution in [2.45, 2.75) is 31.8 Å². The van der Waals surface area contributed by atoms with Gasteiger partial charge in [-0.1, -0.05) is 0 Å². The molecule has 9 heteroatoms. The molecule has 0 saturated carbocycles. The van der Waals surface area contributed by atoms with Gasteiger partial charge in [-0.3, -0.25) is 14.3 Å². The van der Waals surface area contributed by atoms with Crippen LogP contribution in [0.2, 0.25) is 0 Å². The van der Waals surface area contributed by atoms with Crippen molar-refractivity contribution in [3.63, 3.8) is 0 Å². The minimum Gasteiger partial charge on any atom is -0.452 e. The number of hydrogen-bond donors (Lipinski definition) is 1. The van der Waals surface area contributed by atoms with E-state index in [1.807, 2.05) is 0 Å². The van der Waals surface area contributed by atoms with Gasteiger partial charge in [0.2, 0.25) is 0 Å². The second kappa shape index (κ2) is 8.31. The number of nitrogens with zero attached hydrogens (tertiary/aromatic N) is 2. The van der Waals surface area contributed by atoms with Crippen molar-refractivity contribution in [2.75, 3.05) is 11.1 Å². The molecule has 0 unspecified atom stereocenters. The number of anilines is 1. The van der Waals surface area contributed by atoms with Crippen LogP contribution in [-0.2, 0) is 21.4 Å². The molecule has 0 aliphatic heterocycles. The summed E-state index contributed by atoms with van der Waals surface area (Å²) in [4.78, 5) is 24.1. The quantitative estimate of drug-likeness (QED) is 0.613. The molecule has 26 heavy (non-hydrogen) atoms. The lowest BCUT2D eigenvalue weighted by atomic mass is 10.3. The van der Waals surface area contributed by atoms with Crippen LogP contribution in [0.1, 0.15) is 18.3 Å². The second-order valence-electron chi connectivity index (χ2n) is 5.65. The number of carbonyl (C=O) groups excluding carboxylic acids is 2. The molecule has 1 aromatic carbocycles. The Bertz CT molecular complexity index is 839. The van der Waals surface area contributed by atoms with Gasteiger partial charge in [0.1, 0.15) is 11.6 Å². The first-order valence-electron chi connectivity index (χ1n) is 7.77. The smallest absolute Gasteiger partial charge is 0.317 e. The zero-order valence-electron chi connectivity index (χ0n) is 14.8. The monoisotopic (exact) mass is 383 g/mol. The zero-order valence-corrected chi connectivity index (χ0v) is 15.6. The van der Waals surface area contributed by atoms with Crippen LogP contribution >= 0.6 is 11.8 Å². The Morgan fingerprint density at radius 3 is 2.65 bits per heavy atom. The summed E-state index contributed by atoms with van der Waals surface area (Å²) < 4.78 is 33.3. The van der Waals surface area contributed by atoms with Crippen LogP contribution in [0, 0.1) is 25.5 Å². The van der Waals surface area contributed by atoms with Crippen LogP contribution in [-0.4, -0.2) is 33.5 Å². The van der Waals surface area contributed by atoms with Gasteiger partial charge in [0.05, 0.1) is 22.8 Å². The number of carbonyl (C=O) groups is 2. The topological polar surface area (TPSA) is 73.2 Å². The van der Waals surface area contributed by atoms with E-state index in [0.717, 1.165) is 35.7 Å². The first-order valence-corrected chi connectivity index (χ1v) is 8.76. The molecule has 0 aliphatic carbocycles. The zero-order chi connectivity index (χ0) is 19.4. The second-order valence-corrected chi connectivity index (χ2v) is 6.67. The number of esters is 1. The van der Waals surface area contributed by atoms with E-state index in [0.29, 0.717) is 11.4 Å². The predicted molar refractivity (Wildman–Crippen MR) is 93.9 cm³/mol. The summed E-state index contributed by atoms with van der Waals surface area (Å²) in [5.41, 5.74) is 1.98. The normalized spacial score (nSPS) is 11.9. The first kappa shape index (κ1) is 19.9. The van der Waals surface area contributed by atoms with Gasteiger partial charge in [-0.15, -0.1) is 11.8 Å². The highest BCUT2D eigenvalue weighted by molar-refractivity contribution is 8.00. The van der Waals surface area contributed by atoms with Gasteiger partial charge in [-0.2, -0.15) is 5.10 Å².